The van der Waals surface area contributed by atoms with Gasteiger partial charge in [0.1, 0.15) is 5.69 Å². The number of aromatic nitrogens is 1. The van der Waals surface area contributed by atoms with Gasteiger partial charge in [0.25, 0.3) is 5.56 Å². The van der Waals surface area contributed by atoms with Crippen molar-refractivity contribution >= 4 is 34.8 Å². The monoisotopic (exact) mass is 447 g/mol. The number of carbonyl (C=O) groups excluding carboxylic acids is 2. The van der Waals surface area contributed by atoms with E-state index in [0.29, 0.717) is 23.6 Å². The summed E-state index contributed by atoms with van der Waals surface area (Å²) in [6, 6.07) is 15.6. The highest BCUT2D eigenvalue weighted by Gasteiger charge is 2.30. The number of halogens is 1. The van der Waals surface area contributed by atoms with Gasteiger partial charge in [-0.15, -0.1) is 0 Å². The Labute approximate surface area is 190 Å². The third-order valence-electron chi connectivity index (χ3n) is 6.32. The Hall–Kier alpha value is -3.38. The molecule has 0 radical (unpaired) electrons. The second kappa shape index (κ2) is 7.95. The summed E-state index contributed by atoms with van der Waals surface area (Å²) in [6.45, 7) is 0.738. The molecule has 2 amide bonds. The maximum atomic E-state index is 12.6. The average molecular weight is 448 g/mol. The molecule has 6 nitrogen and oxygen atoms in total. The molecular weight excluding hydrogens is 426 g/mol. The molecule has 1 fully saturated rings. The van der Waals surface area contributed by atoms with Crippen molar-refractivity contribution in [2.24, 2.45) is 7.05 Å². The van der Waals surface area contributed by atoms with E-state index in [1.165, 1.54) is 0 Å². The average Bonchev–Trinajstić information content (AvgIpc) is 3.19. The summed E-state index contributed by atoms with van der Waals surface area (Å²) >= 11 is 6.77. The second-order valence-corrected chi connectivity index (χ2v) is 8.65. The number of imide groups is 1. The van der Waals surface area contributed by atoms with E-state index in [9.17, 15) is 14.4 Å². The smallest absolute Gasteiger partial charge is 0.274 e. The van der Waals surface area contributed by atoms with Crippen molar-refractivity contribution in [2.75, 3.05) is 11.4 Å². The number of carbonyl (C=O) groups is 2. The molecule has 2 aliphatic rings. The maximum absolute atomic E-state index is 12.6. The Kier molecular flexibility index (Phi) is 5.10. The van der Waals surface area contributed by atoms with Crippen LogP contribution < -0.4 is 15.8 Å². The molecule has 7 heteroatoms. The molecular formula is C25H22ClN3O3. The van der Waals surface area contributed by atoms with Gasteiger partial charge in [0.05, 0.1) is 10.9 Å². The lowest BCUT2D eigenvalue weighted by atomic mass is 9.88. The van der Waals surface area contributed by atoms with Crippen LogP contribution in [0.3, 0.4) is 0 Å². The molecule has 32 heavy (non-hydrogen) atoms. The van der Waals surface area contributed by atoms with Crippen LogP contribution in [0.4, 0.5) is 11.4 Å². The summed E-state index contributed by atoms with van der Waals surface area (Å²) in [6.07, 6.45) is 3.35. The first-order valence-corrected chi connectivity index (χ1v) is 11.0. The van der Waals surface area contributed by atoms with E-state index in [1.807, 2.05) is 42.5 Å². The van der Waals surface area contributed by atoms with Crippen molar-refractivity contribution in [3.63, 3.8) is 0 Å². The molecule has 0 aliphatic carbocycles. The third-order valence-corrected chi connectivity index (χ3v) is 6.75. The van der Waals surface area contributed by atoms with Crippen molar-refractivity contribution in [1.82, 2.24) is 9.88 Å². The molecule has 5 rings (SSSR count). The van der Waals surface area contributed by atoms with Gasteiger partial charge in [-0.2, -0.15) is 0 Å². The van der Waals surface area contributed by atoms with Crippen LogP contribution in [0.2, 0.25) is 5.02 Å². The molecule has 1 saturated heterocycles. The molecule has 0 bridgehead atoms. The first-order valence-electron chi connectivity index (χ1n) is 10.6. The predicted molar refractivity (Wildman–Crippen MR) is 124 cm³/mol. The predicted octanol–water partition coefficient (Wildman–Crippen LogP) is 3.92. The Morgan fingerprint density at radius 1 is 1.00 bits per heavy atom. The number of fused-ring (bicyclic) bond motifs is 1. The molecule has 2 aromatic carbocycles. The summed E-state index contributed by atoms with van der Waals surface area (Å²) in [5.41, 5.74) is 5.37. The van der Waals surface area contributed by atoms with Gasteiger partial charge in [0, 0.05) is 37.5 Å². The van der Waals surface area contributed by atoms with Crippen LogP contribution in [0, 0.1) is 0 Å². The minimum absolute atomic E-state index is 0.0237. The molecule has 1 N–H and O–H groups in total. The van der Waals surface area contributed by atoms with Crippen LogP contribution in [-0.2, 0) is 23.1 Å². The van der Waals surface area contributed by atoms with E-state index in [2.05, 4.69) is 16.3 Å². The van der Waals surface area contributed by atoms with Crippen LogP contribution in [0.1, 0.15) is 29.9 Å². The van der Waals surface area contributed by atoms with Crippen molar-refractivity contribution in [3.8, 4) is 11.1 Å². The molecule has 3 heterocycles. The normalized spacial score (nSPS) is 17.9. The number of amides is 2. The number of hydrogen-bond acceptors (Lipinski definition) is 4. The summed E-state index contributed by atoms with van der Waals surface area (Å²) in [5, 5.41) is 2.94. The van der Waals surface area contributed by atoms with E-state index in [1.54, 1.807) is 17.8 Å². The number of piperidine rings is 1. The van der Waals surface area contributed by atoms with Gasteiger partial charge < -0.3 is 9.47 Å². The highest BCUT2D eigenvalue weighted by molar-refractivity contribution is 6.34. The largest absolute Gasteiger partial charge is 0.336 e. The van der Waals surface area contributed by atoms with Crippen molar-refractivity contribution < 1.29 is 9.59 Å². The Morgan fingerprint density at radius 2 is 1.84 bits per heavy atom. The molecule has 1 unspecified atom stereocenters. The fraction of sp³-hybridized carbons (Fsp3) is 0.240. The van der Waals surface area contributed by atoms with E-state index < -0.39 is 5.92 Å². The zero-order valence-corrected chi connectivity index (χ0v) is 18.4. The van der Waals surface area contributed by atoms with Gasteiger partial charge in [-0.1, -0.05) is 35.9 Å². The first kappa shape index (κ1) is 20.5. The fourth-order valence-corrected chi connectivity index (χ4v) is 5.01. The molecule has 0 saturated carbocycles. The third kappa shape index (κ3) is 3.41. The Bertz CT molecular complexity index is 1310. The summed E-state index contributed by atoms with van der Waals surface area (Å²) in [7, 11) is 1.75. The van der Waals surface area contributed by atoms with Gasteiger partial charge in [0.2, 0.25) is 11.8 Å². The number of nitrogens with zero attached hydrogens (tertiary/aromatic N) is 2. The zero-order valence-electron chi connectivity index (χ0n) is 17.6. The molecule has 0 spiro atoms. The second-order valence-electron chi connectivity index (χ2n) is 8.27. The molecule has 1 atom stereocenters. The standard InChI is InChI=1S/C25H22ClN3O3/c1-28-12-3-6-21(25(28)32)29-13-11-16-14-15(7-9-20(16)29)17-4-2-5-18(23(17)26)19-8-10-22(30)27-24(19)31/h2-7,9,12,14,19H,8,10-11,13H2,1H3,(H,27,30,31). The lowest BCUT2D eigenvalue weighted by Gasteiger charge is -2.23. The molecule has 1 aromatic heterocycles. The number of anilines is 2. The van der Waals surface area contributed by atoms with Crippen molar-refractivity contribution in [1.29, 1.82) is 0 Å². The summed E-state index contributed by atoms with van der Waals surface area (Å²) in [4.78, 5) is 38.5. The van der Waals surface area contributed by atoms with Gasteiger partial charge >= 0.3 is 0 Å². The number of pyridine rings is 1. The van der Waals surface area contributed by atoms with Crippen LogP contribution in [0.15, 0.2) is 59.5 Å². The van der Waals surface area contributed by atoms with E-state index in [4.69, 9.17) is 11.6 Å². The van der Waals surface area contributed by atoms with Crippen LogP contribution in [-0.4, -0.2) is 22.9 Å². The van der Waals surface area contributed by atoms with Gasteiger partial charge in [-0.05, 0) is 53.8 Å². The van der Waals surface area contributed by atoms with Crippen molar-refractivity contribution in [2.45, 2.75) is 25.2 Å². The maximum Gasteiger partial charge on any atom is 0.274 e. The highest BCUT2D eigenvalue weighted by atomic mass is 35.5. The number of rotatable bonds is 3. The number of aryl methyl sites for hydroxylation is 1. The quantitative estimate of drug-likeness (QED) is 0.618. The summed E-state index contributed by atoms with van der Waals surface area (Å²) < 4.78 is 1.59. The van der Waals surface area contributed by atoms with E-state index >= 15 is 0 Å². The minimum atomic E-state index is -0.431. The van der Waals surface area contributed by atoms with Crippen LogP contribution >= 0.6 is 11.6 Å². The number of hydrogen-bond donors (Lipinski definition) is 1. The lowest BCUT2D eigenvalue weighted by molar-refractivity contribution is -0.134. The van der Waals surface area contributed by atoms with Crippen LogP contribution in [0.25, 0.3) is 11.1 Å². The number of nitrogens with one attached hydrogen (secondary N) is 1. The van der Waals surface area contributed by atoms with Gasteiger partial charge in [0.15, 0.2) is 0 Å². The Morgan fingerprint density at radius 3 is 2.66 bits per heavy atom. The molecule has 3 aromatic rings. The van der Waals surface area contributed by atoms with Gasteiger partial charge in [-0.3, -0.25) is 19.7 Å². The minimum Gasteiger partial charge on any atom is -0.336 e. The first-order chi connectivity index (χ1) is 15.4. The topological polar surface area (TPSA) is 71.4 Å². The van der Waals surface area contributed by atoms with E-state index in [-0.39, 0.29) is 17.4 Å². The van der Waals surface area contributed by atoms with E-state index in [0.717, 1.165) is 40.9 Å². The summed E-state index contributed by atoms with van der Waals surface area (Å²) in [5.74, 6) is -0.969. The fourth-order valence-electron chi connectivity index (χ4n) is 4.64. The zero-order chi connectivity index (χ0) is 22.4. The van der Waals surface area contributed by atoms with Crippen LogP contribution in [0.5, 0.6) is 0 Å². The highest BCUT2D eigenvalue weighted by Crippen LogP contribution is 2.40. The molecule has 2 aliphatic heterocycles. The van der Waals surface area contributed by atoms with Gasteiger partial charge in [-0.25, -0.2) is 0 Å². The van der Waals surface area contributed by atoms with Crippen molar-refractivity contribution in [3.05, 3.63) is 81.2 Å². The Balaban J connectivity index is 1.50. The number of benzene rings is 2. The molecule has 162 valence electrons. The SMILES string of the molecule is Cn1cccc(N2CCc3cc(-c4cccc(C5CCC(=O)NC5=O)c4Cl)ccc32)c1=O. The lowest BCUT2D eigenvalue weighted by Crippen LogP contribution is -2.39.